The molecule has 0 N–H and O–H groups in total. The summed E-state index contributed by atoms with van der Waals surface area (Å²) in [4.78, 5) is 13.7. The van der Waals surface area contributed by atoms with Crippen molar-refractivity contribution in [2.75, 3.05) is 0 Å². The van der Waals surface area contributed by atoms with Crippen molar-refractivity contribution in [2.24, 2.45) is 0 Å². The minimum atomic E-state index is -0.231. The molecule has 4 nitrogen and oxygen atoms in total. The molecule has 1 radical (unpaired) electrons. The second-order valence-corrected chi connectivity index (χ2v) is 9.96. The second kappa shape index (κ2) is 13.3. The monoisotopic (exact) mass is 525 g/mol. The molecular weight excluding hydrogens is 498 g/mol. The summed E-state index contributed by atoms with van der Waals surface area (Å²) in [6, 6.07) is 38.1. The van der Waals surface area contributed by atoms with Crippen LogP contribution in [0, 0.1) is 13.8 Å². The van der Waals surface area contributed by atoms with Crippen molar-refractivity contribution in [3.8, 4) is 34.5 Å². The van der Waals surface area contributed by atoms with Gasteiger partial charge in [0.05, 0.1) is 5.30 Å². The number of aryl methyl sites for hydroxylation is 2. The van der Waals surface area contributed by atoms with Crippen LogP contribution in [0.5, 0.6) is 34.5 Å². The first-order valence-electron chi connectivity index (χ1n) is 12.3. The Morgan fingerprint density at radius 1 is 0.538 bits per heavy atom. The first kappa shape index (κ1) is 28.2. The average Bonchev–Trinajstić information content (AvgIpc) is 2.92. The molecule has 0 aliphatic rings. The number of carbonyl (C=O) groups excluding carboxylic acids is 1. The van der Waals surface area contributed by atoms with E-state index >= 15 is 0 Å². The zero-order valence-electron chi connectivity index (χ0n) is 22.2. The van der Waals surface area contributed by atoms with Crippen molar-refractivity contribution in [3.63, 3.8) is 0 Å². The molecule has 189 valence electrons. The molecule has 1 unspecified atom stereocenters. The summed E-state index contributed by atoms with van der Waals surface area (Å²) in [6.07, 6.45) is 0. The molecule has 0 spiro atoms. The van der Waals surface area contributed by atoms with Crippen LogP contribution in [0.15, 0.2) is 121 Å². The normalized spacial score (nSPS) is 10.6. The van der Waals surface area contributed by atoms with Gasteiger partial charge in [0.1, 0.15) is 34.5 Å². The van der Waals surface area contributed by atoms with Crippen LogP contribution >= 0.6 is 8.58 Å². The Labute approximate surface area is 242 Å². The summed E-state index contributed by atoms with van der Waals surface area (Å²) in [7, 11) is -0.231. The van der Waals surface area contributed by atoms with Gasteiger partial charge >= 0.3 is 0 Å². The van der Waals surface area contributed by atoms with Gasteiger partial charge in [0, 0.05) is 36.6 Å². The minimum absolute atomic E-state index is 0. The van der Waals surface area contributed by atoms with E-state index in [1.165, 1.54) is 0 Å². The molecule has 5 aromatic rings. The van der Waals surface area contributed by atoms with Crippen molar-refractivity contribution in [3.05, 3.63) is 138 Å². The summed E-state index contributed by atoms with van der Waals surface area (Å²) in [5.74, 6) is 3.55. The largest absolute Gasteiger partial charge is 0.457 e. The summed E-state index contributed by atoms with van der Waals surface area (Å²) in [5.41, 5.74) is 2.64. The first-order valence-corrected chi connectivity index (χ1v) is 13.3. The Morgan fingerprint density at radius 2 is 0.949 bits per heavy atom. The predicted octanol–water partition coefficient (Wildman–Crippen LogP) is 8.44. The maximum absolute atomic E-state index is 13.7. The molecular formula is C33H27LiO4P. The van der Waals surface area contributed by atoms with Gasteiger partial charge in [0.25, 0.3) is 0 Å². The van der Waals surface area contributed by atoms with Crippen LogP contribution in [0.2, 0.25) is 0 Å². The maximum Gasteiger partial charge on any atom is 0.186 e. The summed E-state index contributed by atoms with van der Waals surface area (Å²) in [5, 5.41) is 0.672. The molecule has 0 bridgehead atoms. The standard InChI is InChI=1S/C33H27O4P.Li/c1-23-13-12-14-24(2)31(23)33(34)38-32-29(36-26-17-8-4-9-18-26)21-28(35-25-15-6-3-7-16-25)22-30(32)37-27-19-10-5-11-20-27;/h3-22,38H,1-2H3;. The fraction of sp³-hybridized carbons (Fsp3) is 0.0606. The van der Waals surface area contributed by atoms with Gasteiger partial charge in [-0.05, 0) is 70.0 Å². The van der Waals surface area contributed by atoms with Crippen molar-refractivity contribution >= 4 is 38.3 Å². The molecule has 6 heteroatoms. The van der Waals surface area contributed by atoms with Crippen LogP contribution in [0.25, 0.3) is 0 Å². The average molecular weight is 525 g/mol. The molecule has 0 saturated heterocycles. The maximum atomic E-state index is 13.7. The van der Waals surface area contributed by atoms with E-state index in [-0.39, 0.29) is 33.0 Å². The number of ether oxygens (including phenoxy) is 3. The van der Waals surface area contributed by atoms with Gasteiger partial charge in [-0.2, -0.15) is 0 Å². The van der Waals surface area contributed by atoms with Crippen LogP contribution in [0.4, 0.5) is 0 Å². The van der Waals surface area contributed by atoms with Gasteiger partial charge in [-0.1, -0.05) is 72.8 Å². The molecule has 5 aromatic carbocycles. The Balaban J connectivity index is 0.00000353. The van der Waals surface area contributed by atoms with Crippen molar-refractivity contribution in [1.82, 2.24) is 0 Å². The molecule has 0 amide bonds. The Kier molecular flexibility index (Phi) is 9.63. The Morgan fingerprint density at radius 3 is 1.38 bits per heavy atom. The quantitative estimate of drug-likeness (QED) is 0.143. The molecule has 0 saturated carbocycles. The van der Waals surface area contributed by atoms with Gasteiger partial charge in [-0.3, -0.25) is 4.79 Å². The second-order valence-electron chi connectivity index (χ2n) is 8.76. The van der Waals surface area contributed by atoms with Crippen molar-refractivity contribution < 1.29 is 19.0 Å². The molecule has 0 aromatic heterocycles. The number of hydrogen-bond donors (Lipinski definition) is 0. The van der Waals surface area contributed by atoms with E-state index in [1.54, 1.807) is 0 Å². The van der Waals surface area contributed by atoms with E-state index in [9.17, 15) is 4.79 Å². The van der Waals surface area contributed by atoms with E-state index in [2.05, 4.69) is 0 Å². The molecule has 5 rings (SSSR count). The number of benzene rings is 5. The molecule has 0 aliphatic carbocycles. The van der Waals surface area contributed by atoms with E-state index in [1.807, 2.05) is 135 Å². The minimum Gasteiger partial charge on any atom is -0.457 e. The smallest absolute Gasteiger partial charge is 0.186 e. The third kappa shape index (κ3) is 7.19. The zero-order chi connectivity index (χ0) is 26.3. The number of carbonyl (C=O) groups is 1. The van der Waals surface area contributed by atoms with Crippen molar-refractivity contribution in [2.45, 2.75) is 13.8 Å². The van der Waals surface area contributed by atoms with Gasteiger partial charge < -0.3 is 14.2 Å². The van der Waals surface area contributed by atoms with Gasteiger partial charge in [-0.25, -0.2) is 0 Å². The van der Waals surface area contributed by atoms with E-state index < -0.39 is 0 Å². The Hall–Kier alpha value is -3.80. The van der Waals surface area contributed by atoms with E-state index in [4.69, 9.17) is 14.2 Å². The van der Waals surface area contributed by atoms with Crippen LogP contribution in [-0.4, -0.2) is 24.4 Å². The fourth-order valence-corrected chi connectivity index (χ4v) is 5.35. The molecule has 1 atom stereocenters. The van der Waals surface area contributed by atoms with Gasteiger partial charge in [-0.15, -0.1) is 0 Å². The van der Waals surface area contributed by atoms with Crippen LogP contribution < -0.4 is 19.5 Å². The van der Waals surface area contributed by atoms with E-state index in [0.717, 1.165) is 16.7 Å². The topological polar surface area (TPSA) is 44.8 Å². The fourth-order valence-electron chi connectivity index (χ4n) is 4.11. The summed E-state index contributed by atoms with van der Waals surface area (Å²) in [6.45, 7) is 3.93. The summed E-state index contributed by atoms with van der Waals surface area (Å²) >= 11 is 0. The Bertz CT molecular complexity index is 1460. The van der Waals surface area contributed by atoms with E-state index in [0.29, 0.717) is 39.8 Å². The zero-order valence-corrected chi connectivity index (χ0v) is 23.2. The third-order valence-electron chi connectivity index (χ3n) is 5.91. The van der Waals surface area contributed by atoms with Crippen molar-refractivity contribution in [1.29, 1.82) is 0 Å². The predicted molar refractivity (Wildman–Crippen MR) is 160 cm³/mol. The molecule has 0 fully saturated rings. The molecule has 0 heterocycles. The van der Waals surface area contributed by atoms with Crippen LogP contribution in [-0.2, 0) is 0 Å². The van der Waals surface area contributed by atoms with Gasteiger partial charge in [0.2, 0.25) is 0 Å². The first-order chi connectivity index (χ1) is 18.6. The van der Waals surface area contributed by atoms with Gasteiger partial charge in [0.15, 0.2) is 5.52 Å². The molecule has 39 heavy (non-hydrogen) atoms. The SMILES string of the molecule is Cc1cccc(C)c1C(=O)Pc1c(Oc2ccccc2)cc(Oc2ccccc2)cc1Oc1ccccc1.[Li]. The third-order valence-corrected chi connectivity index (χ3v) is 7.13. The number of para-hydroxylation sites is 3. The number of rotatable bonds is 9. The number of hydrogen-bond acceptors (Lipinski definition) is 4. The van der Waals surface area contributed by atoms with Crippen LogP contribution in [0.3, 0.4) is 0 Å². The molecule has 0 aliphatic heterocycles. The summed E-state index contributed by atoms with van der Waals surface area (Å²) < 4.78 is 18.9. The van der Waals surface area contributed by atoms with Crippen LogP contribution in [0.1, 0.15) is 21.5 Å².